The average molecular weight is 359 g/mol. The summed E-state index contributed by atoms with van der Waals surface area (Å²) in [5, 5.41) is 0. The van der Waals surface area contributed by atoms with Gasteiger partial charge in [-0.3, -0.25) is 4.79 Å². The molecule has 2 rings (SSSR count). The zero-order chi connectivity index (χ0) is 17.6. The Bertz CT molecular complexity index is 659. The van der Waals surface area contributed by atoms with E-state index in [-0.39, 0.29) is 12.3 Å². The van der Waals surface area contributed by atoms with Gasteiger partial charge in [-0.25, -0.2) is 0 Å². The zero-order valence-corrected chi connectivity index (χ0v) is 13.7. The van der Waals surface area contributed by atoms with Gasteiger partial charge >= 0.3 is 6.18 Å². The van der Waals surface area contributed by atoms with Gasteiger partial charge in [-0.15, -0.1) is 11.8 Å². The van der Waals surface area contributed by atoms with Crippen LogP contribution in [0.2, 0.25) is 0 Å². The highest BCUT2D eigenvalue weighted by atomic mass is 32.2. The predicted molar refractivity (Wildman–Crippen MR) is 83.9 cm³/mol. The maximum absolute atomic E-state index is 12.7. The van der Waals surface area contributed by atoms with E-state index in [0.29, 0.717) is 11.5 Å². The Labute approximate surface area is 141 Å². The van der Waals surface area contributed by atoms with Gasteiger partial charge in [0.15, 0.2) is 0 Å². The molecule has 0 radical (unpaired) electrons. The Morgan fingerprint density at radius 3 is 2.71 bits per heavy atom. The van der Waals surface area contributed by atoms with Crippen LogP contribution >= 0.6 is 11.8 Å². The first-order valence-electron chi connectivity index (χ1n) is 7.01. The Hall–Kier alpha value is -2.09. The van der Waals surface area contributed by atoms with Gasteiger partial charge in [-0.05, 0) is 30.3 Å². The molecule has 0 N–H and O–H groups in total. The first kappa shape index (κ1) is 18.3. The first-order valence-corrected chi connectivity index (χ1v) is 8.00. The molecule has 0 aliphatic rings. The highest BCUT2D eigenvalue weighted by Gasteiger charge is 2.33. The van der Waals surface area contributed by atoms with Crippen molar-refractivity contribution < 1.29 is 27.1 Å². The number of methoxy groups -OCH3 is 1. The summed E-state index contributed by atoms with van der Waals surface area (Å²) >= 11 is 1.16. The van der Waals surface area contributed by atoms with Crippen LogP contribution in [0.25, 0.3) is 0 Å². The minimum atomic E-state index is -4.47. The fourth-order valence-electron chi connectivity index (χ4n) is 1.97. The summed E-state index contributed by atoms with van der Waals surface area (Å²) < 4.78 is 48.2. The van der Waals surface area contributed by atoms with Crippen molar-refractivity contribution in [2.45, 2.75) is 17.6 Å². The third-order valence-corrected chi connectivity index (χ3v) is 4.03. The smallest absolute Gasteiger partial charge is 0.406 e. The molecule has 0 saturated carbocycles. The maximum Gasteiger partial charge on any atom is 0.406 e. The first-order chi connectivity index (χ1) is 11.4. The number of hydrogen-bond donors (Lipinski definition) is 0. The number of ether oxygens (including phenoxy) is 1. The lowest BCUT2D eigenvalue weighted by molar-refractivity contribution is -0.161. The zero-order valence-electron chi connectivity index (χ0n) is 12.9. The van der Waals surface area contributed by atoms with Gasteiger partial charge in [0, 0.05) is 4.90 Å². The van der Waals surface area contributed by atoms with Crippen molar-refractivity contribution in [3.05, 3.63) is 48.4 Å². The molecule has 24 heavy (non-hydrogen) atoms. The normalized spacial score (nSPS) is 11.3. The minimum Gasteiger partial charge on any atom is -0.497 e. The number of alkyl halides is 3. The molecule has 0 bridgehead atoms. The molecule has 1 aromatic heterocycles. The van der Waals surface area contributed by atoms with E-state index in [9.17, 15) is 18.0 Å². The Morgan fingerprint density at radius 2 is 2.08 bits per heavy atom. The molecule has 0 fully saturated rings. The van der Waals surface area contributed by atoms with Gasteiger partial charge in [-0.2, -0.15) is 13.2 Å². The van der Waals surface area contributed by atoms with Gasteiger partial charge in [0.1, 0.15) is 18.1 Å². The second-order valence-corrected chi connectivity index (χ2v) is 5.96. The molecule has 1 amide bonds. The monoisotopic (exact) mass is 359 g/mol. The SMILES string of the molecule is COc1cccc(SCC(=O)N(Cc2ccco2)CC(F)(F)F)c1. The second kappa shape index (κ2) is 8.14. The van der Waals surface area contributed by atoms with Crippen molar-refractivity contribution in [2.24, 2.45) is 0 Å². The van der Waals surface area contributed by atoms with Crippen LogP contribution in [0, 0.1) is 0 Å². The van der Waals surface area contributed by atoms with Crippen LogP contribution in [-0.4, -0.2) is 36.4 Å². The van der Waals surface area contributed by atoms with E-state index in [4.69, 9.17) is 9.15 Å². The molecular weight excluding hydrogens is 343 g/mol. The highest BCUT2D eigenvalue weighted by Crippen LogP contribution is 2.24. The van der Waals surface area contributed by atoms with E-state index in [1.54, 1.807) is 30.3 Å². The van der Waals surface area contributed by atoms with E-state index in [2.05, 4.69) is 0 Å². The fourth-order valence-corrected chi connectivity index (χ4v) is 2.81. The van der Waals surface area contributed by atoms with Crippen LogP contribution in [0.1, 0.15) is 5.76 Å². The van der Waals surface area contributed by atoms with Gasteiger partial charge < -0.3 is 14.1 Å². The van der Waals surface area contributed by atoms with E-state index in [0.717, 1.165) is 21.6 Å². The van der Waals surface area contributed by atoms with Gasteiger partial charge in [0.25, 0.3) is 0 Å². The topological polar surface area (TPSA) is 42.7 Å². The van der Waals surface area contributed by atoms with E-state index in [1.807, 2.05) is 0 Å². The van der Waals surface area contributed by atoms with Gasteiger partial charge in [0.2, 0.25) is 5.91 Å². The number of carbonyl (C=O) groups is 1. The fraction of sp³-hybridized carbons (Fsp3) is 0.312. The van der Waals surface area contributed by atoms with Crippen LogP contribution in [0.5, 0.6) is 5.75 Å². The Morgan fingerprint density at radius 1 is 1.29 bits per heavy atom. The van der Waals surface area contributed by atoms with Crippen molar-refractivity contribution in [3.8, 4) is 5.75 Å². The molecule has 0 spiro atoms. The lowest BCUT2D eigenvalue weighted by Crippen LogP contribution is -2.39. The van der Waals surface area contributed by atoms with Crippen molar-refractivity contribution in [2.75, 3.05) is 19.4 Å². The molecule has 130 valence electrons. The van der Waals surface area contributed by atoms with E-state index in [1.165, 1.54) is 19.4 Å². The number of rotatable bonds is 7. The van der Waals surface area contributed by atoms with E-state index < -0.39 is 18.6 Å². The van der Waals surface area contributed by atoms with E-state index >= 15 is 0 Å². The Kier molecular flexibility index (Phi) is 6.19. The summed E-state index contributed by atoms with van der Waals surface area (Å²) in [7, 11) is 1.52. The van der Waals surface area contributed by atoms with Crippen LogP contribution in [0.15, 0.2) is 52.0 Å². The third kappa shape index (κ3) is 5.84. The summed E-state index contributed by atoms with van der Waals surface area (Å²) in [5.41, 5.74) is 0. The number of hydrogen-bond acceptors (Lipinski definition) is 4. The van der Waals surface area contributed by atoms with Crippen molar-refractivity contribution in [3.63, 3.8) is 0 Å². The number of amides is 1. The summed E-state index contributed by atoms with van der Waals surface area (Å²) in [6, 6.07) is 10.1. The van der Waals surface area contributed by atoms with Crippen LogP contribution in [-0.2, 0) is 11.3 Å². The van der Waals surface area contributed by atoms with Crippen LogP contribution in [0.4, 0.5) is 13.2 Å². The van der Waals surface area contributed by atoms with Gasteiger partial charge in [-0.1, -0.05) is 6.07 Å². The summed E-state index contributed by atoms with van der Waals surface area (Å²) in [6.07, 6.45) is -3.11. The molecule has 1 aromatic carbocycles. The molecule has 1 heterocycles. The summed E-state index contributed by atoms with van der Waals surface area (Å²) in [5.74, 6) is 0.204. The quantitative estimate of drug-likeness (QED) is 0.702. The number of benzene rings is 1. The molecule has 0 atom stereocenters. The number of furan rings is 1. The Balaban J connectivity index is 2.00. The number of thioether (sulfide) groups is 1. The standard InChI is InChI=1S/C16H16F3NO3S/c1-22-12-4-2-6-14(8-12)24-10-15(21)20(11-16(17,18)19)9-13-5-3-7-23-13/h2-8H,9-11H2,1H3. The maximum atomic E-state index is 12.7. The molecular formula is C16H16F3NO3S. The molecule has 0 aliphatic carbocycles. The minimum absolute atomic E-state index is 0.107. The highest BCUT2D eigenvalue weighted by molar-refractivity contribution is 8.00. The third-order valence-electron chi connectivity index (χ3n) is 3.05. The largest absolute Gasteiger partial charge is 0.497 e. The number of carbonyl (C=O) groups excluding carboxylic acids is 1. The summed E-state index contributed by atoms with van der Waals surface area (Å²) in [4.78, 5) is 13.7. The van der Waals surface area contributed by atoms with Crippen molar-refractivity contribution >= 4 is 17.7 Å². The van der Waals surface area contributed by atoms with Gasteiger partial charge in [0.05, 0.1) is 25.7 Å². The molecule has 0 aliphatic heterocycles. The molecule has 4 nitrogen and oxygen atoms in total. The van der Waals surface area contributed by atoms with Crippen molar-refractivity contribution in [1.29, 1.82) is 0 Å². The molecule has 0 unspecified atom stereocenters. The lowest BCUT2D eigenvalue weighted by Gasteiger charge is -2.23. The second-order valence-electron chi connectivity index (χ2n) is 4.91. The van der Waals surface area contributed by atoms with Crippen molar-refractivity contribution in [1.82, 2.24) is 4.90 Å². The van der Waals surface area contributed by atoms with Crippen LogP contribution in [0.3, 0.4) is 0 Å². The lowest BCUT2D eigenvalue weighted by atomic mass is 10.3. The molecule has 2 aromatic rings. The molecule has 0 saturated heterocycles. The predicted octanol–water partition coefficient (Wildman–Crippen LogP) is 3.97. The summed E-state index contributed by atoms with van der Waals surface area (Å²) in [6.45, 7) is -1.53. The average Bonchev–Trinajstić information content (AvgIpc) is 3.04. The van der Waals surface area contributed by atoms with Crippen LogP contribution < -0.4 is 4.74 Å². The number of nitrogens with zero attached hydrogens (tertiary/aromatic N) is 1. The molecule has 8 heteroatoms. The number of halogens is 3.